The Labute approximate surface area is 124 Å². The fraction of sp³-hybridized carbons (Fsp3) is 0.533. The van der Waals surface area contributed by atoms with Gasteiger partial charge < -0.3 is 9.84 Å². The first-order valence-corrected chi connectivity index (χ1v) is 7.19. The predicted octanol–water partition coefficient (Wildman–Crippen LogP) is 2.97. The van der Waals surface area contributed by atoms with Crippen LogP contribution in [0.4, 0.5) is 0 Å². The summed E-state index contributed by atoms with van der Waals surface area (Å²) in [5.41, 5.74) is 1.07. The van der Waals surface area contributed by atoms with E-state index in [2.05, 4.69) is 11.8 Å². The van der Waals surface area contributed by atoms with Crippen LogP contribution in [0.15, 0.2) is 24.3 Å². The molecule has 1 aromatic rings. The van der Waals surface area contributed by atoms with Crippen molar-refractivity contribution >= 4 is 17.6 Å². The lowest BCUT2D eigenvalue weighted by Gasteiger charge is -2.28. The maximum absolute atomic E-state index is 10.9. The molecule has 1 aliphatic rings. The first-order chi connectivity index (χ1) is 9.49. The van der Waals surface area contributed by atoms with Gasteiger partial charge in [0.05, 0.1) is 6.10 Å². The fourth-order valence-corrected chi connectivity index (χ4v) is 2.85. The van der Waals surface area contributed by atoms with Crippen molar-refractivity contribution in [3.05, 3.63) is 34.9 Å². The largest absolute Gasteiger partial charge is 0.479 e. The van der Waals surface area contributed by atoms with Crippen molar-refractivity contribution in [2.75, 3.05) is 13.6 Å². The van der Waals surface area contributed by atoms with Crippen molar-refractivity contribution in [1.82, 2.24) is 4.90 Å². The molecular formula is C15H20ClNO3. The van der Waals surface area contributed by atoms with Gasteiger partial charge in [0.25, 0.3) is 0 Å². The summed E-state index contributed by atoms with van der Waals surface area (Å²) in [6.45, 7) is 2.79. The Hall–Kier alpha value is -1.10. The van der Waals surface area contributed by atoms with Crippen LogP contribution in [0.3, 0.4) is 0 Å². The Bertz CT molecular complexity index is 480. The third-order valence-electron chi connectivity index (χ3n) is 3.89. The van der Waals surface area contributed by atoms with Crippen LogP contribution in [0, 0.1) is 0 Å². The molecule has 5 heteroatoms. The first-order valence-electron chi connectivity index (χ1n) is 6.82. The van der Waals surface area contributed by atoms with E-state index in [0.717, 1.165) is 17.0 Å². The minimum atomic E-state index is -0.866. The highest BCUT2D eigenvalue weighted by atomic mass is 35.5. The zero-order chi connectivity index (χ0) is 14.7. The number of ether oxygens (including phenoxy) is 1. The van der Waals surface area contributed by atoms with E-state index in [1.807, 2.05) is 31.3 Å². The molecule has 0 saturated carbocycles. The van der Waals surface area contributed by atoms with Gasteiger partial charge in [-0.1, -0.05) is 29.8 Å². The Balaban J connectivity index is 1.94. The summed E-state index contributed by atoms with van der Waals surface area (Å²) in [6, 6.07) is 7.94. The van der Waals surface area contributed by atoms with Crippen LogP contribution in [-0.2, 0) is 9.53 Å². The molecule has 20 heavy (non-hydrogen) atoms. The second-order valence-electron chi connectivity index (χ2n) is 5.30. The molecule has 0 amide bonds. The van der Waals surface area contributed by atoms with Crippen molar-refractivity contribution < 1.29 is 14.6 Å². The van der Waals surface area contributed by atoms with Gasteiger partial charge in [0, 0.05) is 17.6 Å². The number of carbonyl (C=O) groups is 1. The third-order valence-corrected chi connectivity index (χ3v) is 4.24. The SMILES string of the molecule is CC(c1ccccc1Cl)N(C)CC1CCC(C(=O)O)O1. The third kappa shape index (κ3) is 3.51. The number of carboxylic acid groups (broad SMARTS) is 1. The number of nitrogens with zero attached hydrogens (tertiary/aromatic N) is 1. The second-order valence-corrected chi connectivity index (χ2v) is 5.71. The number of likely N-dealkylation sites (N-methyl/N-ethyl adjacent to an activating group) is 1. The molecule has 1 aliphatic heterocycles. The lowest BCUT2D eigenvalue weighted by Crippen LogP contribution is -2.32. The molecule has 1 heterocycles. The molecule has 0 radical (unpaired) electrons. The fourth-order valence-electron chi connectivity index (χ4n) is 2.55. The molecular weight excluding hydrogens is 278 g/mol. The molecule has 1 N–H and O–H groups in total. The van der Waals surface area contributed by atoms with Gasteiger partial charge in [0.15, 0.2) is 6.10 Å². The van der Waals surface area contributed by atoms with Gasteiger partial charge in [-0.15, -0.1) is 0 Å². The standard InChI is InChI=1S/C15H20ClNO3/c1-10(12-5-3-4-6-13(12)16)17(2)9-11-7-8-14(20-11)15(18)19/h3-6,10-11,14H,7-9H2,1-2H3,(H,18,19). The lowest BCUT2D eigenvalue weighted by atomic mass is 10.1. The van der Waals surface area contributed by atoms with Crippen LogP contribution >= 0.6 is 11.6 Å². The summed E-state index contributed by atoms with van der Waals surface area (Å²) in [4.78, 5) is 13.0. The molecule has 2 rings (SSSR count). The second kappa shape index (κ2) is 6.57. The van der Waals surface area contributed by atoms with E-state index < -0.39 is 12.1 Å². The van der Waals surface area contributed by atoms with E-state index >= 15 is 0 Å². The van der Waals surface area contributed by atoms with Gasteiger partial charge in [-0.05, 0) is 38.4 Å². The summed E-state index contributed by atoms with van der Waals surface area (Å²) < 4.78 is 5.54. The smallest absolute Gasteiger partial charge is 0.332 e. The summed E-state index contributed by atoms with van der Waals surface area (Å²) in [7, 11) is 2.01. The van der Waals surface area contributed by atoms with E-state index in [4.69, 9.17) is 21.4 Å². The van der Waals surface area contributed by atoms with E-state index in [-0.39, 0.29) is 12.1 Å². The van der Waals surface area contributed by atoms with Crippen LogP contribution in [0.25, 0.3) is 0 Å². The zero-order valence-electron chi connectivity index (χ0n) is 11.8. The minimum absolute atomic E-state index is 0.0222. The molecule has 3 unspecified atom stereocenters. The van der Waals surface area contributed by atoms with Crippen molar-refractivity contribution in [2.24, 2.45) is 0 Å². The average molecular weight is 298 g/mol. The van der Waals surface area contributed by atoms with Crippen LogP contribution < -0.4 is 0 Å². The number of halogens is 1. The molecule has 0 bridgehead atoms. The molecule has 1 aromatic carbocycles. The van der Waals surface area contributed by atoms with Gasteiger partial charge in [0.2, 0.25) is 0 Å². The highest BCUT2D eigenvalue weighted by molar-refractivity contribution is 6.31. The van der Waals surface area contributed by atoms with Crippen LogP contribution in [-0.4, -0.2) is 41.8 Å². The highest BCUT2D eigenvalue weighted by Crippen LogP contribution is 2.28. The van der Waals surface area contributed by atoms with Crippen molar-refractivity contribution in [3.63, 3.8) is 0 Å². The summed E-state index contributed by atoms with van der Waals surface area (Å²) in [6.07, 6.45) is 0.709. The normalized spacial score (nSPS) is 24.0. The summed E-state index contributed by atoms with van der Waals surface area (Å²) >= 11 is 6.21. The Morgan fingerprint density at radius 3 is 2.80 bits per heavy atom. The molecule has 4 nitrogen and oxygen atoms in total. The maximum Gasteiger partial charge on any atom is 0.332 e. The number of carboxylic acids is 1. The van der Waals surface area contributed by atoms with Gasteiger partial charge in [-0.3, -0.25) is 4.90 Å². The molecule has 0 aromatic heterocycles. The number of hydrogen-bond donors (Lipinski definition) is 1. The van der Waals surface area contributed by atoms with Crippen LogP contribution in [0.2, 0.25) is 5.02 Å². The summed E-state index contributed by atoms with van der Waals surface area (Å²) in [5.74, 6) is -0.866. The molecule has 0 aliphatic carbocycles. The Kier molecular flexibility index (Phi) is 5.02. The molecule has 1 fully saturated rings. The predicted molar refractivity (Wildman–Crippen MR) is 78.0 cm³/mol. The molecule has 0 spiro atoms. The van der Waals surface area contributed by atoms with Gasteiger partial charge >= 0.3 is 5.97 Å². The van der Waals surface area contributed by atoms with E-state index in [1.165, 1.54) is 0 Å². The van der Waals surface area contributed by atoms with Crippen LogP contribution in [0.1, 0.15) is 31.4 Å². The monoisotopic (exact) mass is 297 g/mol. The van der Waals surface area contributed by atoms with Crippen molar-refractivity contribution in [1.29, 1.82) is 0 Å². The van der Waals surface area contributed by atoms with E-state index in [1.54, 1.807) is 0 Å². The topological polar surface area (TPSA) is 49.8 Å². The van der Waals surface area contributed by atoms with Crippen molar-refractivity contribution in [2.45, 2.75) is 38.0 Å². The number of rotatable bonds is 5. The zero-order valence-corrected chi connectivity index (χ0v) is 12.5. The average Bonchev–Trinajstić information content (AvgIpc) is 2.87. The van der Waals surface area contributed by atoms with E-state index in [0.29, 0.717) is 13.0 Å². The van der Waals surface area contributed by atoms with E-state index in [9.17, 15) is 4.79 Å². The Morgan fingerprint density at radius 2 is 2.20 bits per heavy atom. The van der Waals surface area contributed by atoms with Gasteiger partial charge in [-0.2, -0.15) is 0 Å². The van der Waals surface area contributed by atoms with Gasteiger partial charge in [0.1, 0.15) is 0 Å². The quantitative estimate of drug-likeness (QED) is 0.908. The Morgan fingerprint density at radius 1 is 1.50 bits per heavy atom. The molecule has 3 atom stereocenters. The van der Waals surface area contributed by atoms with Crippen LogP contribution in [0.5, 0.6) is 0 Å². The highest BCUT2D eigenvalue weighted by Gasteiger charge is 2.31. The lowest BCUT2D eigenvalue weighted by molar-refractivity contribution is -0.149. The molecule has 110 valence electrons. The minimum Gasteiger partial charge on any atom is -0.479 e. The number of aliphatic carboxylic acids is 1. The number of hydrogen-bond acceptors (Lipinski definition) is 3. The first kappa shape index (κ1) is 15.3. The van der Waals surface area contributed by atoms with Crippen molar-refractivity contribution in [3.8, 4) is 0 Å². The maximum atomic E-state index is 10.9. The number of benzene rings is 1. The molecule has 1 saturated heterocycles. The summed E-state index contributed by atoms with van der Waals surface area (Å²) in [5, 5.41) is 9.69. The van der Waals surface area contributed by atoms with Gasteiger partial charge in [-0.25, -0.2) is 4.79 Å².